The maximum atomic E-state index is 13.6. The van der Waals surface area contributed by atoms with Crippen LogP contribution in [0.15, 0.2) is 53.4 Å². The zero-order valence-electron chi connectivity index (χ0n) is 21.5. The van der Waals surface area contributed by atoms with Gasteiger partial charge in [-0.3, -0.25) is 14.0 Å². The second kappa shape index (κ2) is 10.2. The monoisotopic (exact) mass is 540 g/mol. The first kappa shape index (κ1) is 25.8. The molecule has 1 saturated heterocycles. The Morgan fingerprint density at radius 1 is 1.16 bits per heavy atom. The van der Waals surface area contributed by atoms with Gasteiger partial charge in [-0.2, -0.15) is 0 Å². The van der Waals surface area contributed by atoms with Gasteiger partial charge in [0.15, 0.2) is 5.13 Å². The quantitative estimate of drug-likeness (QED) is 0.462. The second-order valence-corrected chi connectivity index (χ2v) is 12.7. The van der Waals surface area contributed by atoms with Crippen LogP contribution >= 0.6 is 11.3 Å². The summed E-state index contributed by atoms with van der Waals surface area (Å²) < 4.78 is 34.8. The van der Waals surface area contributed by atoms with Gasteiger partial charge >= 0.3 is 0 Å². The lowest BCUT2D eigenvalue weighted by Gasteiger charge is -2.48. The van der Waals surface area contributed by atoms with Crippen LogP contribution in [0.3, 0.4) is 0 Å². The Kier molecular flexibility index (Phi) is 7.10. The van der Waals surface area contributed by atoms with Gasteiger partial charge < -0.3 is 10.1 Å². The van der Waals surface area contributed by atoms with Crippen LogP contribution in [0.1, 0.15) is 44.5 Å². The van der Waals surface area contributed by atoms with E-state index in [0.717, 1.165) is 34.8 Å². The van der Waals surface area contributed by atoms with Crippen LogP contribution in [0.25, 0.3) is 10.4 Å². The maximum absolute atomic E-state index is 13.6. The highest BCUT2D eigenvalue weighted by atomic mass is 32.2. The van der Waals surface area contributed by atoms with E-state index in [9.17, 15) is 13.2 Å². The Morgan fingerprint density at radius 3 is 2.57 bits per heavy atom. The lowest BCUT2D eigenvalue weighted by molar-refractivity contribution is -0.114. The molecule has 3 heterocycles. The molecule has 2 aliphatic rings. The lowest BCUT2D eigenvalue weighted by Crippen LogP contribution is -2.55. The number of nitrogens with zero attached hydrogens (tertiary/aromatic N) is 3. The van der Waals surface area contributed by atoms with Crippen molar-refractivity contribution in [2.75, 3.05) is 29.3 Å². The van der Waals surface area contributed by atoms with Gasteiger partial charge in [0, 0.05) is 32.6 Å². The fraction of sp³-hybridized carbons (Fsp3) is 0.407. The number of nitrogens with one attached hydrogen (secondary N) is 1. The zero-order chi connectivity index (χ0) is 26.3. The highest BCUT2D eigenvalue weighted by molar-refractivity contribution is 7.92. The molecule has 1 atom stereocenters. The molecule has 0 spiro atoms. The van der Waals surface area contributed by atoms with Gasteiger partial charge in [-0.05, 0) is 62.6 Å². The first-order valence-corrected chi connectivity index (χ1v) is 14.8. The molecule has 1 N–H and O–H groups in total. The lowest BCUT2D eigenvalue weighted by atomic mass is 9.91. The molecule has 5 rings (SSSR count). The molecule has 1 unspecified atom stereocenters. The number of aryl methyl sites for hydroxylation is 1. The summed E-state index contributed by atoms with van der Waals surface area (Å²) in [7, 11) is -3.70. The SMILES string of the molecule is CC(=O)Nc1nc(C)c(-c2ccc3c(c2)C(N2CC(OC(C)C)C2)CCN3S(=O)(=O)c2ccccc2)s1. The average Bonchev–Trinajstić information content (AvgIpc) is 3.19. The number of hydrogen-bond acceptors (Lipinski definition) is 7. The molecular weight excluding hydrogens is 508 g/mol. The number of thiazole rings is 1. The van der Waals surface area contributed by atoms with Gasteiger partial charge in [0.1, 0.15) is 0 Å². The standard InChI is InChI=1S/C27H32N4O4S2/c1-17(2)35-21-15-30(16-21)24-12-13-31(37(33,34)22-8-6-5-7-9-22)25-11-10-20(14-23(24)25)26-18(3)28-27(36-26)29-19(4)32/h5-11,14,17,21,24H,12-13,15-16H2,1-4H3,(H,28,29,32). The molecule has 1 aromatic heterocycles. The third-order valence-corrected chi connectivity index (χ3v) is 9.66. The van der Waals surface area contributed by atoms with Gasteiger partial charge in [0.05, 0.1) is 33.4 Å². The van der Waals surface area contributed by atoms with Crippen molar-refractivity contribution in [3.8, 4) is 10.4 Å². The van der Waals surface area contributed by atoms with E-state index in [4.69, 9.17) is 4.74 Å². The minimum absolute atomic E-state index is 0.0900. The Bertz CT molecular complexity index is 1400. The van der Waals surface area contributed by atoms with Gasteiger partial charge in [0.25, 0.3) is 10.0 Å². The number of sulfonamides is 1. The van der Waals surface area contributed by atoms with E-state index in [1.807, 2.05) is 39.0 Å². The molecule has 10 heteroatoms. The first-order chi connectivity index (χ1) is 17.6. The summed E-state index contributed by atoms with van der Waals surface area (Å²) in [5.41, 5.74) is 3.48. The highest BCUT2D eigenvalue weighted by Crippen LogP contribution is 2.44. The van der Waals surface area contributed by atoms with Gasteiger partial charge in [0.2, 0.25) is 5.91 Å². The van der Waals surface area contributed by atoms with E-state index >= 15 is 0 Å². The van der Waals surface area contributed by atoms with Crippen molar-refractivity contribution in [3.63, 3.8) is 0 Å². The van der Waals surface area contributed by atoms with E-state index in [0.29, 0.717) is 23.8 Å². The normalized spacial score (nSPS) is 18.5. The van der Waals surface area contributed by atoms with Crippen LogP contribution in [0, 0.1) is 6.92 Å². The maximum Gasteiger partial charge on any atom is 0.264 e. The first-order valence-electron chi connectivity index (χ1n) is 12.5. The number of fused-ring (bicyclic) bond motifs is 1. The van der Waals surface area contributed by atoms with E-state index in [1.54, 1.807) is 28.6 Å². The molecule has 3 aromatic rings. The Morgan fingerprint density at radius 2 is 1.89 bits per heavy atom. The van der Waals surface area contributed by atoms with Crippen LogP contribution in [-0.4, -0.2) is 56.1 Å². The van der Waals surface area contributed by atoms with Gasteiger partial charge in [-0.1, -0.05) is 35.6 Å². The van der Waals surface area contributed by atoms with E-state index < -0.39 is 10.0 Å². The zero-order valence-corrected chi connectivity index (χ0v) is 23.1. The molecule has 1 amide bonds. The summed E-state index contributed by atoms with van der Waals surface area (Å²) in [6.45, 7) is 9.53. The minimum atomic E-state index is -3.70. The summed E-state index contributed by atoms with van der Waals surface area (Å²) in [6.07, 6.45) is 1.06. The number of aromatic nitrogens is 1. The van der Waals surface area contributed by atoms with Crippen molar-refractivity contribution < 1.29 is 17.9 Å². The van der Waals surface area contributed by atoms with Crippen LogP contribution in [0.5, 0.6) is 0 Å². The summed E-state index contributed by atoms with van der Waals surface area (Å²) in [5, 5.41) is 3.32. The fourth-order valence-electron chi connectivity index (χ4n) is 5.12. The predicted octanol–water partition coefficient (Wildman–Crippen LogP) is 4.83. The van der Waals surface area contributed by atoms with Crippen molar-refractivity contribution in [2.45, 2.75) is 57.3 Å². The van der Waals surface area contributed by atoms with Crippen molar-refractivity contribution in [1.82, 2.24) is 9.88 Å². The fourth-order valence-corrected chi connectivity index (χ4v) is 7.65. The number of benzene rings is 2. The number of hydrogen-bond donors (Lipinski definition) is 1. The number of ether oxygens (including phenoxy) is 1. The molecular formula is C27H32N4O4S2. The third-order valence-electron chi connectivity index (χ3n) is 6.72. The third kappa shape index (κ3) is 5.16. The molecule has 2 aromatic carbocycles. The molecule has 0 radical (unpaired) electrons. The van der Waals surface area contributed by atoms with Crippen molar-refractivity contribution >= 4 is 38.1 Å². The smallest absolute Gasteiger partial charge is 0.264 e. The average molecular weight is 541 g/mol. The number of carbonyl (C=O) groups excluding carboxylic acids is 1. The molecule has 2 aliphatic heterocycles. The van der Waals surface area contributed by atoms with E-state index in [-0.39, 0.29) is 29.1 Å². The molecule has 1 fully saturated rings. The Balaban J connectivity index is 1.53. The number of carbonyl (C=O) groups is 1. The number of amides is 1. The van der Waals surface area contributed by atoms with E-state index in [1.165, 1.54) is 18.3 Å². The molecule has 0 bridgehead atoms. The molecule has 37 heavy (non-hydrogen) atoms. The molecule has 196 valence electrons. The molecule has 0 saturated carbocycles. The highest BCUT2D eigenvalue weighted by Gasteiger charge is 2.40. The van der Waals surface area contributed by atoms with Crippen molar-refractivity contribution in [3.05, 3.63) is 59.8 Å². The van der Waals surface area contributed by atoms with Crippen molar-refractivity contribution in [1.29, 1.82) is 0 Å². The predicted molar refractivity (Wildman–Crippen MR) is 147 cm³/mol. The van der Waals surface area contributed by atoms with Gasteiger partial charge in [-0.15, -0.1) is 0 Å². The number of rotatable bonds is 7. The number of likely N-dealkylation sites (tertiary alicyclic amines) is 1. The molecule has 0 aliphatic carbocycles. The van der Waals surface area contributed by atoms with E-state index in [2.05, 4.69) is 21.3 Å². The second-order valence-electron chi connectivity index (χ2n) is 9.84. The summed E-state index contributed by atoms with van der Waals surface area (Å²) in [4.78, 5) is 19.7. The van der Waals surface area contributed by atoms with Crippen LogP contribution in [0.2, 0.25) is 0 Å². The Hall–Kier alpha value is -2.79. The largest absolute Gasteiger partial charge is 0.373 e. The summed E-state index contributed by atoms with van der Waals surface area (Å²) in [5.74, 6) is -0.163. The van der Waals surface area contributed by atoms with Crippen LogP contribution in [0.4, 0.5) is 10.8 Å². The number of anilines is 2. The van der Waals surface area contributed by atoms with Crippen LogP contribution < -0.4 is 9.62 Å². The van der Waals surface area contributed by atoms with Crippen LogP contribution in [-0.2, 0) is 19.6 Å². The Labute approximate surface area is 222 Å². The minimum Gasteiger partial charge on any atom is -0.373 e. The summed E-state index contributed by atoms with van der Waals surface area (Å²) >= 11 is 1.42. The van der Waals surface area contributed by atoms with Gasteiger partial charge in [-0.25, -0.2) is 13.4 Å². The summed E-state index contributed by atoms with van der Waals surface area (Å²) in [6, 6.07) is 14.7. The van der Waals surface area contributed by atoms with Crippen molar-refractivity contribution in [2.24, 2.45) is 0 Å². The molecule has 8 nitrogen and oxygen atoms in total. The topological polar surface area (TPSA) is 91.8 Å².